The smallest absolute Gasteiger partial charge is 0.307 e. The number of amides is 2. The van der Waals surface area contributed by atoms with Gasteiger partial charge in [-0.15, -0.1) is 0 Å². The van der Waals surface area contributed by atoms with E-state index in [1.165, 1.54) is 14.0 Å². The van der Waals surface area contributed by atoms with Crippen molar-refractivity contribution < 1.29 is 19.1 Å². The Morgan fingerprint density at radius 1 is 1.22 bits per heavy atom. The first-order valence-electron chi connectivity index (χ1n) is 7.76. The summed E-state index contributed by atoms with van der Waals surface area (Å²) in [7, 11) is 1.36. The van der Waals surface area contributed by atoms with Gasteiger partial charge in [0.1, 0.15) is 0 Å². The van der Waals surface area contributed by atoms with Crippen LogP contribution in [-0.4, -0.2) is 42.4 Å². The van der Waals surface area contributed by atoms with Crippen LogP contribution in [0, 0.1) is 0 Å². The van der Waals surface area contributed by atoms with Crippen LogP contribution < -0.4 is 5.32 Å². The van der Waals surface area contributed by atoms with Crippen molar-refractivity contribution in [3.8, 4) is 0 Å². The number of rotatable bonds is 4. The van der Waals surface area contributed by atoms with E-state index in [0.717, 1.165) is 19.3 Å². The Bertz CT molecular complexity index is 583. The monoisotopic (exact) mass is 318 g/mol. The third-order valence-corrected chi connectivity index (χ3v) is 3.97. The molecule has 1 saturated heterocycles. The maximum atomic E-state index is 12.7. The highest BCUT2D eigenvalue weighted by Gasteiger charge is 2.29. The second-order valence-corrected chi connectivity index (χ2v) is 5.69. The van der Waals surface area contributed by atoms with Crippen molar-refractivity contribution in [2.75, 3.05) is 19.0 Å². The van der Waals surface area contributed by atoms with Gasteiger partial charge in [0.05, 0.1) is 13.5 Å². The van der Waals surface area contributed by atoms with Crippen LogP contribution in [0.3, 0.4) is 0 Å². The predicted octanol–water partition coefficient (Wildman–Crippen LogP) is 2.20. The average molecular weight is 318 g/mol. The third-order valence-electron chi connectivity index (χ3n) is 3.97. The number of methoxy groups -OCH3 is 1. The molecule has 0 spiro atoms. The lowest BCUT2D eigenvalue weighted by Gasteiger charge is -2.35. The Labute approximate surface area is 135 Å². The number of hydrogen-bond donors (Lipinski definition) is 1. The lowest BCUT2D eigenvalue weighted by atomic mass is 9.98. The summed E-state index contributed by atoms with van der Waals surface area (Å²) < 4.78 is 4.72. The van der Waals surface area contributed by atoms with Crippen LogP contribution in [0.15, 0.2) is 24.3 Å². The highest BCUT2D eigenvalue weighted by Crippen LogP contribution is 2.23. The van der Waals surface area contributed by atoms with E-state index < -0.39 is 0 Å². The Balaban J connectivity index is 2.10. The predicted molar refractivity (Wildman–Crippen MR) is 86.1 cm³/mol. The Morgan fingerprint density at radius 2 is 1.91 bits per heavy atom. The van der Waals surface area contributed by atoms with Gasteiger partial charge in [0, 0.05) is 30.8 Å². The highest BCUT2D eigenvalue weighted by molar-refractivity contribution is 5.96. The van der Waals surface area contributed by atoms with Gasteiger partial charge in [-0.1, -0.05) is 0 Å². The molecule has 1 fully saturated rings. The van der Waals surface area contributed by atoms with Crippen LogP contribution in [0.1, 0.15) is 43.0 Å². The number of piperidine rings is 1. The van der Waals surface area contributed by atoms with Gasteiger partial charge in [-0.25, -0.2) is 0 Å². The minimum atomic E-state index is -0.296. The van der Waals surface area contributed by atoms with Crippen molar-refractivity contribution in [1.29, 1.82) is 0 Å². The van der Waals surface area contributed by atoms with Crippen molar-refractivity contribution in [3.63, 3.8) is 0 Å². The zero-order valence-electron chi connectivity index (χ0n) is 13.5. The SMILES string of the molecule is COC(=O)CC1CCCCN1C(=O)c1ccc(NC(C)=O)cc1. The van der Waals surface area contributed by atoms with E-state index in [9.17, 15) is 14.4 Å². The lowest BCUT2D eigenvalue weighted by Crippen LogP contribution is -2.44. The molecule has 0 bridgehead atoms. The Morgan fingerprint density at radius 3 is 2.52 bits per heavy atom. The molecule has 1 atom stereocenters. The van der Waals surface area contributed by atoms with Crippen molar-refractivity contribution in [2.24, 2.45) is 0 Å². The molecular formula is C17H22N2O4. The second kappa shape index (κ2) is 7.76. The van der Waals surface area contributed by atoms with Gasteiger partial charge in [0.25, 0.3) is 5.91 Å². The van der Waals surface area contributed by atoms with E-state index in [-0.39, 0.29) is 30.2 Å². The molecule has 0 radical (unpaired) electrons. The number of nitrogens with zero attached hydrogens (tertiary/aromatic N) is 1. The van der Waals surface area contributed by atoms with Gasteiger partial charge in [-0.3, -0.25) is 14.4 Å². The fourth-order valence-corrected chi connectivity index (χ4v) is 2.82. The van der Waals surface area contributed by atoms with Crippen molar-refractivity contribution in [1.82, 2.24) is 4.90 Å². The first kappa shape index (κ1) is 17.0. The standard InChI is InChI=1S/C17H22N2O4/c1-12(20)18-14-8-6-13(7-9-14)17(22)19-10-4-3-5-15(19)11-16(21)23-2/h6-9,15H,3-5,10-11H2,1-2H3,(H,18,20). The van der Waals surface area contributed by atoms with Crippen molar-refractivity contribution in [3.05, 3.63) is 29.8 Å². The number of hydrogen-bond acceptors (Lipinski definition) is 4. The van der Waals surface area contributed by atoms with Crippen molar-refractivity contribution >= 4 is 23.5 Å². The number of likely N-dealkylation sites (tertiary alicyclic amines) is 1. The summed E-state index contributed by atoms with van der Waals surface area (Å²) in [5.41, 5.74) is 1.20. The fourth-order valence-electron chi connectivity index (χ4n) is 2.82. The summed E-state index contributed by atoms with van der Waals surface area (Å²) in [6.07, 6.45) is 2.98. The summed E-state index contributed by atoms with van der Waals surface area (Å²) in [6, 6.07) is 6.68. The molecule has 6 heteroatoms. The highest BCUT2D eigenvalue weighted by atomic mass is 16.5. The van der Waals surface area contributed by atoms with Crippen LogP contribution in [0.4, 0.5) is 5.69 Å². The molecular weight excluding hydrogens is 296 g/mol. The van der Waals surface area contributed by atoms with Gasteiger partial charge in [0.15, 0.2) is 0 Å². The Hall–Kier alpha value is -2.37. The summed E-state index contributed by atoms with van der Waals surface area (Å²) in [5, 5.41) is 2.67. The molecule has 0 aromatic heterocycles. The van der Waals surface area contributed by atoms with Crippen molar-refractivity contribution in [2.45, 2.75) is 38.6 Å². The number of carbonyl (C=O) groups is 3. The zero-order chi connectivity index (χ0) is 16.8. The molecule has 1 unspecified atom stereocenters. The molecule has 23 heavy (non-hydrogen) atoms. The quantitative estimate of drug-likeness (QED) is 0.864. The molecule has 0 aliphatic carbocycles. The zero-order valence-corrected chi connectivity index (χ0v) is 13.5. The van der Waals surface area contributed by atoms with Gasteiger partial charge in [-0.05, 0) is 43.5 Å². The number of esters is 1. The number of benzene rings is 1. The minimum absolute atomic E-state index is 0.0898. The Kier molecular flexibility index (Phi) is 5.73. The molecule has 1 aromatic rings. The molecule has 124 valence electrons. The maximum absolute atomic E-state index is 12.7. The topological polar surface area (TPSA) is 75.7 Å². The number of ether oxygens (including phenoxy) is 1. The number of anilines is 1. The maximum Gasteiger partial charge on any atom is 0.307 e. The molecule has 1 N–H and O–H groups in total. The van der Waals surface area contributed by atoms with E-state index in [2.05, 4.69) is 5.32 Å². The molecule has 2 amide bonds. The third kappa shape index (κ3) is 4.55. The first-order valence-corrected chi connectivity index (χ1v) is 7.76. The van der Waals surface area contributed by atoms with E-state index in [4.69, 9.17) is 4.74 Å². The van der Waals surface area contributed by atoms with E-state index in [1.54, 1.807) is 29.2 Å². The summed E-state index contributed by atoms with van der Waals surface area (Å²) >= 11 is 0. The summed E-state index contributed by atoms with van der Waals surface area (Å²) in [5.74, 6) is -0.540. The first-order chi connectivity index (χ1) is 11.0. The van der Waals surface area contributed by atoms with Gasteiger partial charge >= 0.3 is 5.97 Å². The van der Waals surface area contributed by atoms with Gasteiger partial charge in [-0.2, -0.15) is 0 Å². The number of nitrogens with one attached hydrogen (secondary N) is 1. The van der Waals surface area contributed by atoms with E-state index in [1.807, 2.05) is 0 Å². The normalized spacial score (nSPS) is 17.5. The van der Waals surface area contributed by atoms with Crippen LogP contribution >= 0.6 is 0 Å². The fraction of sp³-hybridized carbons (Fsp3) is 0.471. The van der Waals surface area contributed by atoms with Crippen LogP contribution in [0.5, 0.6) is 0 Å². The van der Waals surface area contributed by atoms with Crippen LogP contribution in [0.2, 0.25) is 0 Å². The molecule has 1 aliphatic heterocycles. The molecule has 0 saturated carbocycles. The van der Waals surface area contributed by atoms with Gasteiger partial charge in [0.2, 0.25) is 5.91 Å². The van der Waals surface area contributed by atoms with Gasteiger partial charge < -0.3 is 15.0 Å². The molecule has 6 nitrogen and oxygen atoms in total. The summed E-state index contributed by atoms with van der Waals surface area (Å²) in [6.45, 7) is 2.08. The van der Waals surface area contributed by atoms with E-state index >= 15 is 0 Å². The number of carbonyl (C=O) groups excluding carboxylic acids is 3. The van der Waals surface area contributed by atoms with Crippen LogP contribution in [-0.2, 0) is 14.3 Å². The minimum Gasteiger partial charge on any atom is -0.469 e. The lowest BCUT2D eigenvalue weighted by molar-refractivity contribution is -0.142. The van der Waals surface area contributed by atoms with Crippen LogP contribution in [0.25, 0.3) is 0 Å². The molecule has 2 rings (SSSR count). The summed E-state index contributed by atoms with van der Waals surface area (Å²) in [4.78, 5) is 37.0. The molecule has 1 aromatic carbocycles. The largest absolute Gasteiger partial charge is 0.469 e. The van der Waals surface area contributed by atoms with E-state index in [0.29, 0.717) is 17.8 Å². The molecule has 1 heterocycles. The second-order valence-electron chi connectivity index (χ2n) is 5.69. The average Bonchev–Trinajstić information content (AvgIpc) is 2.55. The molecule has 1 aliphatic rings.